The fourth-order valence-electron chi connectivity index (χ4n) is 3.41. The van der Waals surface area contributed by atoms with Gasteiger partial charge in [0.25, 0.3) is 0 Å². The van der Waals surface area contributed by atoms with Crippen LogP contribution < -0.4 is 0 Å². The molecule has 0 amide bonds. The molecule has 0 aliphatic carbocycles. The average Bonchev–Trinajstić information content (AvgIpc) is 3.09. The molecule has 1 saturated heterocycles. The molecule has 1 atom stereocenters. The third-order valence-corrected chi connectivity index (χ3v) is 4.68. The van der Waals surface area contributed by atoms with Crippen LogP contribution in [0.1, 0.15) is 22.8 Å². The van der Waals surface area contributed by atoms with Crippen LogP contribution in [0, 0.1) is 0 Å². The summed E-state index contributed by atoms with van der Waals surface area (Å²) in [6, 6.07) is 11.7. The highest BCUT2D eigenvalue weighted by Gasteiger charge is 2.36. The SMILES string of the molecule is FC(F)(F)c1ccccc1C1CN(Cc2ccc3cn[nH]c3c2)CCO1. The Morgan fingerprint density at radius 3 is 2.88 bits per heavy atom. The Morgan fingerprint density at radius 2 is 2.04 bits per heavy atom. The molecule has 3 aromatic rings. The molecule has 1 aliphatic rings. The van der Waals surface area contributed by atoms with Crippen molar-refractivity contribution < 1.29 is 17.9 Å². The Bertz CT molecular complexity index is 906. The van der Waals surface area contributed by atoms with Crippen molar-refractivity contribution in [3.8, 4) is 0 Å². The summed E-state index contributed by atoms with van der Waals surface area (Å²) in [6.45, 7) is 2.17. The van der Waals surface area contributed by atoms with Gasteiger partial charge in [-0.1, -0.05) is 30.3 Å². The normalized spacial score (nSPS) is 19.1. The number of nitrogens with one attached hydrogen (secondary N) is 1. The second-order valence-electron chi connectivity index (χ2n) is 6.47. The molecule has 1 aromatic heterocycles. The average molecular weight is 361 g/mol. The molecule has 0 bridgehead atoms. The van der Waals surface area contributed by atoms with Crippen LogP contribution in [-0.4, -0.2) is 34.8 Å². The number of hydrogen-bond donors (Lipinski definition) is 1. The van der Waals surface area contributed by atoms with E-state index in [4.69, 9.17) is 4.74 Å². The van der Waals surface area contributed by atoms with Gasteiger partial charge in [-0.2, -0.15) is 18.3 Å². The lowest BCUT2D eigenvalue weighted by Crippen LogP contribution is -2.38. The van der Waals surface area contributed by atoms with E-state index in [2.05, 4.69) is 15.1 Å². The highest BCUT2D eigenvalue weighted by Crippen LogP contribution is 2.36. The lowest BCUT2D eigenvalue weighted by Gasteiger charge is -2.34. The van der Waals surface area contributed by atoms with E-state index in [1.165, 1.54) is 12.1 Å². The molecule has 1 aliphatic heterocycles. The summed E-state index contributed by atoms with van der Waals surface area (Å²) in [7, 11) is 0. The van der Waals surface area contributed by atoms with Crippen LogP contribution in [0.3, 0.4) is 0 Å². The maximum Gasteiger partial charge on any atom is 0.416 e. The van der Waals surface area contributed by atoms with E-state index in [1.807, 2.05) is 18.2 Å². The Balaban J connectivity index is 1.53. The van der Waals surface area contributed by atoms with Gasteiger partial charge in [-0.15, -0.1) is 0 Å². The second-order valence-corrected chi connectivity index (χ2v) is 6.47. The Kier molecular flexibility index (Phi) is 4.42. The van der Waals surface area contributed by atoms with Crippen molar-refractivity contribution in [2.45, 2.75) is 18.8 Å². The van der Waals surface area contributed by atoms with Crippen molar-refractivity contribution in [1.29, 1.82) is 0 Å². The first-order chi connectivity index (χ1) is 12.5. The molecule has 0 saturated carbocycles. The molecule has 0 spiro atoms. The first-order valence-corrected chi connectivity index (χ1v) is 8.43. The third kappa shape index (κ3) is 3.45. The number of morpholine rings is 1. The molecular formula is C19H18F3N3O. The molecule has 1 N–H and O–H groups in total. The summed E-state index contributed by atoms with van der Waals surface area (Å²) in [5, 5.41) is 7.98. The molecule has 4 rings (SSSR count). The van der Waals surface area contributed by atoms with Crippen LogP contribution in [-0.2, 0) is 17.5 Å². The zero-order chi connectivity index (χ0) is 18.1. The Hall–Kier alpha value is -2.38. The van der Waals surface area contributed by atoms with Crippen molar-refractivity contribution in [3.63, 3.8) is 0 Å². The van der Waals surface area contributed by atoms with E-state index in [1.54, 1.807) is 12.3 Å². The fraction of sp³-hybridized carbons (Fsp3) is 0.316. The molecule has 136 valence electrons. The van der Waals surface area contributed by atoms with Gasteiger partial charge in [0.15, 0.2) is 0 Å². The van der Waals surface area contributed by atoms with Crippen molar-refractivity contribution in [2.75, 3.05) is 19.7 Å². The predicted octanol–water partition coefficient (Wildman–Crippen LogP) is 4.16. The number of alkyl halides is 3. The maximum absolute atomic E-state index is 13.3. The van der Waals surface area contributed by atoms with E-state index in [0.29, 0.717) is 26.2 Å². The zero-order valence-electron chi connectivity index (χ0n) is 14.0. The quantitative estimate of drug-likeness (QED) is 0.762. The van der Waals surface area contributed by atoms with Crippen molar-refractivity contribution in [2.24, 2.45) is 0 Å². The molecule has 2 aromatic carbocycles. The minimum absolute atomic E-state index is 0.203. The minimum Gasteiger partial charge on any atom is -0.371 e. The second kappa shape index (κ2) is 6.74. The topological polar surface area (TPSA) is 41.2 Å². The number of nitrogens with zero attached hydrogens (tertiary/aromatic N) is 2. The summed E-state index contributed by atoms with van der Waals surface area (Å²) in [5.74, 6) is 0. The van der Waals surface area contributed by atoms with Gasteiger partial charge in [-0.05, 0) is 23.3 Å². The van der Waals surface area contributed by atoms with E-state index < -0.39 is 17.8 Å². The first-order valence-electron chi connectivity index (χ1n) is 8.43. The smallest absolute Gasteiger partial charge is 0.371 e. The van der Waals surface area contributed by atoms with E-state index in [0.717, 1.165) is 22.5 Å². The minimum atomic E-state index is -4.38. The van der Waals surface area contributed by atoms with Gasteiger partial charge in [0.2, 0.25) is 0 Å². The standard InChI is InChI=1S/C19H18F3N3O/c20-19(21,22)16-4-2-1-3-15(16)18-12-25(7-8-26-18)11-13-5-6-14-10-23-24-17(14)9-13/h1-6,9-10,18H,7-8,11-12H2,(H,23,24). The number of benzene rings is 2. The molecule has 2 heterocycles. The van der Waals surface area contributed by atoms with Crippen molar-refractivity contribution >= 4 is 10.9 Å². The number of hydrogen-bond acceptors (Lipinski definition) is 3. The zero-order valence-corrected chi connectivity index (χ0v) is 14.0. The van der Waals surface area contributed by atoms with Crippen molar-refractivity contribution in [3.05, 3.63) is 65.4 Å². The van der Waals surface area contributed by atoms with Gasteiger partial charge in [-0.25, -0.2) is 0 Å². The van der Waals surface area contributed by atoms with Gasteiger partial charge < -0.3 is 4.74 Å². The van der Waals surface area contributed by atoms with Gasteiger partial charge in [0, 0.05) is 25.0 Å². The Labute approximate surface area is 148 Å². The molecule has 0 radical (unpaired) electrons. The number of halogens is 3. The van der Waals surface area contributed by atoms with Crippen molar-refractivity contribution in [1.82, 2.24) is 15.1 Å². The number of aromatic amines is 1. The molecule has 1 unspecified atom stereocenters. The highest BCUT2D eigenvalue weighted by molar-refractivity contribution is 5.78. The van der Waals surface area contributed by atoms with Gasteiger partial charge in [0.1, 0.15) is 0 Å². The lowest BCUT2D eigenvalue weighted by molar-refractivity contribution is -0.140. The van der Waals surface area contributed by atoms with Crippen LogP contribution in [0.15, 0.2) is 48.7 Å². The van der Waals surface area contributed by atoms with Gasteiger partial charge in [-0.3, -0.25) is 10.00 Å². The van der Waals surface area contributed by atoms with E-state index in [9.17, 15) is 13.2 Å². The van der Waals surface area contributed by atoms with Crippen LogP contribution in [0.5, 0.6) is 0 Å². The monoisotopic (exact) mass is 361 g/mol. The number of fused-ring (bicyclic) bond motifs is 1. The van der Waals surface area contributed by atoms with E-state index >= 15 is 0 Å². The number of rotatable bonds is 3. The lowest BCUT2D eigenvalue weighted by atomic mass is 10.0. The Morgan fingerprint density at radius 1 is 1.19 bits per heavy atom. The van der Waals surface area contributed by atoms with Crippen LogP contribution in [0.25, 0.3) is 10.9 Å². The van der Waals surface area contributed by atoms with Crippen LogP contribution in [0.4, 0.5) is 13.2 Å². The molecule has 26 heavy (non-hydrogen) atoms. The number of aromatic nitrogens is 2. The molecule has 7 heteroatoms. The van der Waals surface area contributed by atoms with Crippen LogP contribution >= 0.6 is 0 Å². The van der Waals surface area contributed by atoms with Gasteiger partial charge in [0.05, 0.1) is 30.0 Å². The highest BCUT2D eigenvalue weighted by atomic mass is 19.4. The third-order valence-electron chi connectivity index (χ3n) is 4.68. The fourth-order valence-corrected chi connectivity index (χ4v) is 3.41. The number of H-pyrrole nitrogens is 1. The summed E-state index contributed by atoms with van der Waals surface area (Å²) >= 11 is 0. The summed E-state index contributed by atoms with van der Waals surface area (Å²) in [6.07, 6.45) is -3.20. The molecular weight excluding hydrogens is 343 g/mol. The first kappa shape index (κ1) is 17.1. The molecule has 1 fully saturated rings. The number of ether oxygens (including phenoxy) is 1. The summed E-state index contributed by atoms with van der Waals surface area (Å²) in [5.41, 5.74) is 1.63. The van der Waals surface area contributed by atoms with Crippen LogP contribution in [0.2, 0.25) is 0 Å². The van der Waals surface area contributed by atoms with E-state index in [-0.39, 0.29) is 5.56 Å². The molecule has 4 nitrogen and oxygen atoms in total. The predicted molar refractivity (Wildman–Crippen MR) is 91.5 cm³/mol. The summed E-state index contributed by atoms with van der Waals surface area (Å²) in [4.78, 5) is 2.12. The van der Waals surface area contributed by atoms with Gasteiger partial charge >= 0.3 is 6.18 Å². The summed E-state index contributed by atoms with van der Waals surface area (Å²) < 4.78 is 45.5. The maximum atomic E-state index is 13.3. The largest absolute Gasteiger partial charge is 0.416 e.